The summed E-state index contributed by atoms with van der Waals surface area (Å²) in [7, 11) is 0. The smallest absolute Gasteiger partial charge is 0.224 e. The van der Waals surface area contributed by atoms with Gasteiger partial charge in [0.2, 0.25) is 5.91 Å². The van der Waals surface area contributed by atoms with Crippen LogP contribution in [-0.2, 0) is 24.4 Å². The molecule has 1 amide bonds. The molecule has 1 aliphatic heterocycles. The molecule has 1 heterocycles. The molecule has 0 aliphatic carbocycles. The fraction of sp³-hybridized carbons (Fsp3) is 0.350. The third kappa shape index (κ3) is 5.88. The maximum absolute atomic E-state index is 11.6. The largest absolute Gasteiger partial charge is 0.392 e. The Kier molecular flexibility index (Phi) is 7.98. The van der Waals surface area contributed by atoms with Crippen molar-refractivity contribution >= 4 is 23.5 Å². The van der Waals surface area contributed by atoms with Crippen LogP contribution in [0, 0.1) is 0 Å². The van der Waals surface area contributed by atoms with Gasteiger partial charge in [-0.15, -0.1) is 0 Å². The Morgan fingerprint density at radius 2 is 1.80 bits per heavy atom. The van der Waals surface area contributed by atoms with Crippen LogP contribution in [0.2, 0.25) is 0 Å². The number of carbonyl (C=O) groups is 1. The highest BCUT2D eigenvalue weighted by Crippen LogP contribution is 2.27. The van der Waals surface area contributed by atoms with E-state index in [1.807, 2.05) is 50.2 Å². The second-order valence-corrected chi connectivity index (χ2v) is 6.58. The monoisotopic (exact) mass is 358 g/mol. The number of hydrogen-bond donors (Lipinski definition) is 3. The van der Waals surface area contributed by atoms with E-state index in [9.17, 15) is 4.79 Å². The molecule has 0 fully saturated rings. The van der Waals surface area contributed by atoms with Gasteiger partial charge in [0.05, 0.1) is 6.61 Å². The van der Waals surface area contributed by atoms with Gasteiger partial charge in [0, 0.05) is 23.5 Å². The standard InChI is InChI=1S/C18H20N2O2S.C2H6/c21-12-14-6-4-13(5-7-14)11-19-23-16-8-9-17-15(10-16)2-1-3-18(22)20-17;1-2/h4-10,19,21H,1-3,11-12H2,(H,20,22);1-2H3. The summed E-state index contributed by atoms with van der Waals surface area (Å²) in [6.45, 7) is 4.83. The van der Waals surface area contributed by atoms with Gasteiger partial charge in [0.15, 0.2) is 0 Å². The van der Waals surface area contributed by atoms with Gasteiger partial charge in [-0.05, 0) is 59.7 Å². The summed E-state index contributed by atoms with van der Waals surface area (Å²) in [5.41, 5.74) is 4.25. The first-order chi connectivity index (χ1) is 12.2. The molecular weight excluding hydrogens is 332 g/mol. The van der Waals surface area contributed by atoms with Crippen molar-refractivity contribution in [3.63, 3.8) is 0 Å². The van der Waals surface area contributed by atoms with Crippen molar-refractivity contribution in [2.75, 3.05) is 5.32 Å². The second kappa shape index (κ2) is 10.2. The number of nitrogens with one attached hydrogen (secondary N) is 2. The number of fused-ring (bicyclic) bond motifs is 1. The van der Waals surface area contributed by atoms with Crippen molar-refractivity contribution in [2.24, 2.45) is 0 Å². The van der Waals surface area contributed by atoms with Gasteiger partial charge in [-0.25, -0.2) is 0 Å². The number of anilines is 1. The Morgan fingerprint density at radius 1 is 1.08 bits per heavy atom. The van der Waals surface area contributed by atoms with E-state index < -0.39 is 0 Å². The molecule has 1 aliphatic rings. The second-order valence-electron chi connectivity index (χ2n) is 5.62. The van der Waals surface area contributed by atoms with Crippen LogP contribution in [0.25, 0.3) is 0 Å². The number of rotatable bonds is 5. The fourth-order valence-electron chi connectivity index (χ4n) is 2.58. The normalized spacial score (nSPS) is 13.2. The van der Waals surface area contributed by atoms with Crippen LogP contribution < -0.4 is 10.0 Å². The molecule has 0 saturated heterocycles. The molecule has 5 heteroatoms. The minimum Gasteiger partial charge on any atom is -0.392 e. The van der Waals surface area contributed by atoms with Crippen LogP contribution in [-0.4, -0.2) is 11.0 Å². The van der Waals surface area contributed by atoms with Gasteiger partial charge in [0.25, 0.3) is 0 Å². The van der Waals surface area contributed by atoms with Crippen LogP contribution >= 0.6 is 11.9 Å². The van der Waals surface area contributed by atoms with E-state index in [0.717, 1.165) is 35.5 Å². The molecule has 25 heavy (non-hydrogen) atoms. The van der Waals surface area contributed by atoms with E-state index >= 15 is 0 Å². The van der Waals surface area contributed by atoms with E-state index in [2.05, 4.69) is 16.1 Å². The molecule has 0 spiro atoms. The molecule has 0 aromatic heterocycles. The summed E-state index contributed by atoms with van der Waals surface area (Å²) >= 11 is 1.59. The lowest BCUT2D eigenvalue weighted by Gasteiger charge is -2.10. The summed E-state index contributed by atoms with van der Waals surface area (Å²) in [6, 6.07) is 14.1. The van der Waals surface area contributed by atoms with Crippen molar-refractivity contribution in [3.8, 4) is 0 Å². The van der Waals surface area contributed by atoms with E-state index in [4.69, 9.17) is 5.11 Å². The molecule has 2 aromatic carbocycles. The predicted molar refractivity (Wildman–Crippen MR) is 104 cm³/mol. The Hall–Kier alpha value is -1.82. The first-order valence-electron chi connectivity index (χ1n) is 8.76. The molecular formula is C20H26N2O2S. The first kappa shape index (κ1) is 19.5. The first-order valence-corrected chi connectivity index (χ1v) is 9.57. The van der Waals surface area contributed by atoms with Crippen LogP contribution in [0.5, 0.6) is 0 Å². The zero-order valence-electron chi connectivity index (χ0n) is 14.8. The van der Waals surface area contributed by atoms with Crippen molar-refractivity contribution in [1.29, 1.82) is 0 Å². The van der Waals surface area contributed by atoms with Crippen molar-refractivity contribution in [1.82, 2.24) is 4.72 Å². The number of benzene rings is 2. The molecule has 0 unspecified atom stereocenters. The minimum atomic E-state index is 0.0775. The zero-order chi connectivity index (χ0) is 18.1. The summed E-state index contributed by atoms with van der Waals surface area (Å²) < 4.78 is 3.35. The van der Waals surface area contributed by atoms with Gasteiger partial charge < -0.3 is 10.4 Å². The molecule has 0 radical (unpaired) electrons. The molecule has 4 nitrogen and oxygen atoms in total. The molecule has 0 saturated carbocycles. The van der Waals surface area contributed by atoms with Crippen molar-refractivity contribution in [2.45, 2.75) is 51.2 Å². The molecule has 3 rings (SSSR count). The number of carbonyl (C=O) groups excluding carboxylic acids is 1. The number of aryl methyl sites for hydroxylation is 1. The zero-order valence-corrected chi connectivity index (χ0v) is 15.7. The lowest BCUT2D eigenvalue weighted by molar-refractivity contribution is -0.116. The maximum Gasteiger partial charge on any atom is 0.224 e. The number of aliphatic hydroxyl groups is 1. The summed E-state index contributed by atoms with van der Waals surface area (Å²) in [4.78, 5) is 12.7. The summed E-state index contributed by atoms with van der Waals surface area (Å²) in [6.07, 6.45) is 2.43. The Labute approximate surface area is 154 Å². The van der Waals surface area contributed by atoms with Gasteiger partial charge in [-0.3, -0.25) is 9.52 Å². The predicted octanol–water partition coefficient (Wildman–Crippen LogP) is 4.28. The Morgan fingerprint density at radius 3 is 2.52 bits per heavy atom. The molecule has 2 aromatic rings. The molecule has 0 atom stereocenters. The lowest BCUT2D eigenvalue weighted by Crippen LogP contribution is -2.09. The van der Waals surface area contributed by atoms with Crippen molar-refractivity contribution in [3.05, 3.63) is 59.2 Å². The minimum absolute atomic E-state index is 0.0775. The number of amides is 1. The van der Waals surface area contributed by atoms with E-state index in [0.29, 0.717) is 6.42 Å². The van der Waals surface area contributed by atoms with E-state index in [1.54, 1.807) is 11.9 Å². The van der Waals surface area contributed by atoms with E-state index in [1.165, 1.54) is 11.1 Å². The quantitative estimate of drug-likeness (QED) is 0.698. The third-order valence-corrected chi connectivity index (χ3v) is 4.65. The molecule has 0 bridgehead atoms. The van der Waals surface area contributed by atoms with Crippen LogP contribution in [0.1, 0.15) is 43.4 Å². The van der Waals surface area contributed by atoms with Gasteiger partial charge >= 0.3 is 0 Å². The fourth-order valence-corrected chi connectivity index (χ4v) is 3.32. The van der Waals surface area contributed by atoms with Crippen LogP contribution in [0.15, 0.2) is 47.4 Å². The Bertz CT molecular complexity index is 687. The number of hydrogen-bond acceptors (Lipinski definition) is 4. The van der Waals surface area contributed by atoms with Crippen LogP contribution in [0.3, 0.4) is 0 Å². The third-order valence-electron chi connectivity index (χ3n) is 3.87. The number of aliphatic hydroxyl groups excluding tert-OH is 1. The van der Waals surface area contributed by atoms with Gasteiger partial charge in [-0.2, -0.15) is 0 Å². The molecule has 3 N–H and O–H groups in total. The van der Waals surface area contributed by atoms with Crippen molar-refractivity contribution < 1.29 is 9.90 Å². The average molecular weight is 359 g/mol. The summed E-state index contributed by atoms with van der Waals surface area (Å²) in [5.74, 6) is 0.105. The molecule has 134 valence electrons. The average Bonchev–Trinajstić information content (AvgIpc) is 2.84. The van der Waals surface area contributed by atoms with Gasteiger partial charge in [-0.1, -0.05) is 38.1 Å². The maximum atomic E-state index is 11.6. The van der Waals surface area contributed by atoms with E-state index in [-0.39, 0.29) is 12.5 Å². The SMILES string of the molecule is CC.O=C1CCCc2cc(SNCc3ccc(CO)cc3)ccc2N1. The highest BCUT2D eigenvalue weighted by molar-refractivity contribution is 7.97. The highest BCUT2D eigenvalue weighted by atomic mass is 32.2. The highest BCUT2D eigenvalue weighted by Gasteiger charge is 2.13. The Balaban J connectivity index is 0.00000109. The summed E-state index contributed by atoms with van der Waals surface area (Å²) in [5, 5.41) is 12.0. The lowest BCUT2D eigenvalue weighted by atomic mass is 10.1. The van der Waals surface area contributed by atoms with Gasteiger partial charge in [0.1, 0.15) is 0 Å². The topological polar surface area (TPSA) is 61.4 Å². The van der Waals surface area contributed by atoms with Crippen LogP contribution in [0.4, 0.5) is 5.69 Å².